The predicted molar refractivity (Wildman–Crippen MR) is 130 cm³/mol. The molecular weight excluding hydrogens is 430 g/mol. The molecule has 2 fully saturated rings. The molecule has 2 aliphatic heterocycles. The Morgan fingerprint density at radius 1 is 1.03 bits per heavy atom. The maximum atomic E-state index is 12.7. The first kappa shape index (κ1) is 22.5. The van der Waals surface area contributed by atoms with Gasteiger partial charge in [-0.3, -0.25) is 4.79 Å². The van der Waals surface area contributed by atoms with E-state index in [4.69, 9.17) is 9.72 Å². The third-order valence-electron chi connectivity index (χ3n) is 6.31. The highest BCUT2D eigenvalue weighted by Gasteiger charge is 2.23. The van der Waals surface area contributed by atoms with Gasteiger partial charge in [-0.15, -0.1) is 0 Å². The smallest absolute Gasteiger partial charge is 0.227 e. The van der Waals surface area contributed by atoms with Crippen LogP contribution < -0.4 is 16.0 Å². The Morgan fingerprint density at radius 2 is 1.85 bits per heavy atom. The van der Waals surface area contributed by atoms with Crippen LogP contribution in [0.1, 0.15) is 24.5 Å². The van der Waals surface area contributed by atoms with E-state index in [2.05, 4.69) is 20.9 Å². The van der Waals surface area contributed by atoms with E-state index in [1.54, 1.807) is 24.4 Å². The number of aromatic nitrogens is 2. The summed E-state index contributed by atoms with van der Waals surface area (Å²) in [4.78, 5) is 22.2. The number of carbonyl (C=O) groups excluding carboxylic acids is 1. The molecule has 0 saturated carbocycles. The molecule has 34 heavy (non-hydrogen) atoms. The van der Waals surface area contributed by atoms with E-state index in [1.165, 1.54) is 0 Å². The molecule has 8 heteroatoms. The summed E-state index contributed by atoms with van der Waals surface area (Å²) in [5, 5.41) is 19.8. The minimum Gasteiger partial charge on any atom is -0.508 e. The van der Waals surface area contributed by atoms with Crippen molar-refractivity contribution < 1.29 is 14.6 Å². The number of phenols is 1. The number of benzene rings is 2. The zero-order valence-electron chi connectivity index (χ0n) is 19.0. The standard InChI is InChI=1S/C26H29N5O3/c32-21-6-2-3-18(14-21)24-22(23-16-28-11-12-34-23)15-29-25(31-24)19-4-1-5-20(13-19)30-26(33)17-7-9-27-10-8-17/h1-6,13-15,17,23,27-28,32H,7-12,16H2,(H,30,33). The van der Waals surface area contributed by atoms with Crippen LogP contribution in [-0.2, 0) is 9.53 Å². The number of hydrogen-bond acceptors (Lipinski definition) is 7. The van der Waals surface area contributed by atoms with Crippen molar-refractivity contribution in [2.75, 3.05) is 38.1 Å². The molecule has 8 nitrogen and oxygen atoms in total. The maximum absolute atomic E-state index is 12.7. The Bertz CT molecular complexity index is 1160. The predicted octanol–water partition coefficient (Wildman–Crippen LogP) is 3.12. The van der Waals surface area contributed by atoms with Crippen LogP contribution in [0.4, 0.5) is 5.69 Å². The molecule has 2 saturated heterocycles. The van der Waals surface area contributed by atoms with Gasteiger partial charge in [-0.2, -0.15) is 0 Å². The third kappa shape index (κ3) is 5.09. The molecule has 0 spiro atoms. The Hall–Kier alpha value is -3.33. The molecule has 4 N–H and O–H groups in total. The van der Waals surface area contributed by atoms with Crippen molar-refractivity contribution in [1.29, 1.82) is 0 Å². The summed E-state index contributed by atoms with van der Waals surface area (Å²) in [6.45, 7) is 3.84. The molecular formula is C26H29N5O3. The number of amides is 1. The van der Waals surface area contributed by atoms with Gasteiger partial charge >= 0.3 is 0 Å². The molecule has 2 aliphatic rings. The lowest BCUT2D eigenvalue weighted by Crippen LogP contribution is -2.34. The second-order valence-electron chi connectivity index (χ2n) is 8.71. The van der Waals surface area contributed by atoms with E-state index in [9.17, 15) is 9.90 Å². The van der Waals surface area contributed by atoms with Gasteiger partial charge in [0.1, 0.15) is 5.75 Å². The van der Waals surface area contributed by atoms with E-state index in [1.807, 2.05) is 30.3 Å². The molecule has 0 aliphatic carbocycles. The lowest BCUT2D eigenvalue weighted by Gasteiger charge is -2.25. The van der Waals surface area contributed by atoms with Gasteiger partial charge in [0.15, 0.2) is 5.82 Å². The molecule has 1 unspecified atom stereocenters. The van der Waals surface area contributed by atoms with Crippen molar-refractivity contribution in [2.45, 2.75) is 18.9 Å². The number of aromatic hydroxyl groups is 1. The zero-order valence-corrected chi connectivity index (χ0v) is 19.0. The Morgan fingerprint density at radius 3 is 2.65 bits per heavy atom. The summed E-state index contributed by atoms with van der Waals surface area (Å²) in [5.74, 6) is 0.803. The highest BCUT2D eigenvalue weighted by Crippen LogP contribution is 2.32. The second kappa shape index (κ2) is 10.3. The normalized spacial score (nSPS) is 19.0. The molecule has 5 rings (SSSR count). The number of morpholine rings is 1. The molecule has 0 bridgehead atoms. The lowest BCUT2D eigenvalue weighted by molar-refractivity contribution is -0.120. The topological polar surface area (TPSA) is 108 Å². The minimum atomic E-state index is -0.171. The minimum absolute atomic E-state index is 0.0295. The molecule has 3 aromatic rings. The van der Waals surface area contributed by atoms with E-state index < -0.39 is 0 Å². The molecule has 0 radical (unpaired) electrons. The summed E-state index contributed by atoms with van der Waals surface area (Å²) in [6.07, 6.45) is 3.33. The number of hydrogen-bond donors (Lipinski definition) is 4. The number of nitrogens with zero attached hydrogens (tertiary/aromatic N) is 2. The van der Waals surface area contributed by atoms with Crippen LogP contribution >= 0.6 is 0 Å². The lowest BCUT2D eigenvalue weighted by atomic mass is 9.97. The average Bonchev–Trinajstić information content (AvgIpc) is 2.89. The highest BCUT2D eigenvalue weighted by atomic mass is 16.5. The van der Waals surface area contributed by atoms with Crippen LogP contribution in [0.3, 0.4) is 0 Å². The van der Waals surface area contributed by atoms with Crippen molar-refractivity contribution in [3.63, 3.8) is 0 Å². The van der Waals surface area contributed by atoms with Gasteiger partial charge in [0.25, 0.3) is 0 Å². The molecule has 1 atom stereocenters. The highest BCUT2D eigenvalue weighted by molar-refractivity contribution is 5.93. The second-order valence-corrected chi connectivity index (χ2v) is 8.71. The first-order chi connectivity index (χ1) is 16.7. The van der Waals surface area contributed by atoms with E-state index >= 15 is 0 Å². The fourth-order valence-electron chi connectivity index (χ4n) is 4.48. The van der Waals surface area contributed by atoms with Crippen molar-refractivity contribution in [3.8, 4) is 28.4 Å². The Kier molecular flexibility index (Phi) is 6.80. The van der Waals surface area contributed by atoms with Crippen LogP contribution in [0.2, 0.25) is 0 Å². The fraction of sp³-hybridized carbons (Fsp3) is 0.346. The van der Waals surface area contributed by atoms with Crippen molar-refractivity contribution in [1.82, 2.24) is 20.6 Å². The number of carbonyl (C=O) groups is 1. The summed E-state index contributed by atoms with van der Waals surface area (Å²) in [6, 6.07) is 14.7. The van der Waals surface area contributed by atoms with Gasteiger partial charge in [0.2, 0.25) is 5.91 Å². The quantitative estimate of drug-likeness (QED) is 0.464. The van der Waals surface area contributed by atoms with Crippen molar-refractivity contribution >= 4 is 11.6 Å². The maximum Gasteiger partial charge on any atom is 0.227 e. The van der Waals surface area contributed by atoms with Crippen LogP contribution in [-0.4, -0.2) is 53.8 Å². The molecule has 1 aromatic heterocycles. The number of piperidine rings is 1. The van der Waals surface area contributed by atoms with Gasteiger partial charge in [-0.1, -0.05) is 24.3 Å². The summed E-state index contributed by atoms with van der Waals surface area (Å²) >= 11 is 0. The Labute approximate surface area is 198 Å². The van der Waals surface area contributed by atoms with E-state index in [0.29, 0.717) is 19.0 Å². The first-order valence-corrected chi connectivity index (χ1v) is 11.8. The van der Waals surface area contributed by atoms with Gasteiger partial charge in [-0.25, -0.2) is 9.97 Å². The van der Waals surface area contributed by atoms with Gasteiger partial charge in [0.05, 0.1) is 18.4 Å². The summed E-state index contributed by atoms with van der Waals surface area (Å²) in [5.41, 5.74) is 3.92. The van der Waals surface area contributed by atoms with E-state index in [0.717, 1.165) is 60.5 Å². The molecule has 176 valence electrons. The van der Waals surface area contributed by atoms with E-state index in [-0.39, 0.29) is 23.7 Å². The number of ether oxygens (including phenoxy) is 1. The largest absolute Gasteiger partial charge is 0.508 e. The monoisotopic (exact) mass is 459 g/mol. The summed E-state index contributed by atoms with van der Waals surface area (Å²) < 4.78 is 5.97. The zero-order chi connectivity index (χ0) is 23.3. The van der Waals surface area contributed by atoms with Crippen LogP contribution in [0.5, 0.6) is 5.75 Å². The number of phenolic OH excluding ortho intramolecular Hbond substituents is 1. The van der Waals surface area contributed by atoms with Gasteiger partial charge in [-0.05, 0) is 50.2 Å². The van der Waals surface area contributed by atoms with Gasteiger partial charge < -0.3 is 25.8 Å². The SMILES string of the molecule is O=C(Nc1cccc(-c2ncc(C3CNCCO3)c(-c3cccc(O)c3)n2)c1)C1CCNCC1. The van der Waals surface area contributed by atoms with Crippen LogP contribution in [0, 0.1) is 5.92 Å². The Balaban J connectivity index is 1.46. The number of anilines is 1. The summed E-state index contributed by atoms with van der Waals surface area (Å²) in [7, 11) is 0. The van der Waals surface area contributed by atoms with Gasteiger partial charge in [0, 0.05) is 47.6 Å². The molecule has 3 heterocycles. The molecule has 2 aromatic carbocycles. The van der Waals surface area contributed by atoms with Crippen molar-refractivity contribution in [3.05, 3.63) is 60.3 Å². The number of rotatable bonds is 5. The molecule has 1 amide bonds. The first-order valence-electron chi connectivity index (χ1n) is 11.8. The van der Waals surface area contributed by atoms with Crippen LogP contribution in [0.25, 0.3) is 22.6 Å². The third-order valence-corrected chi connectivity index (χ3v) is 6.31. The average molecular weight is 460 g/mol. The van der Waals surface area contributed by atoms with Crippen LogP contribution in [0.15, 0.2) is 54.7 Å². The fourth-order valence-corrected chi connectivity index (χ4v) is 4.48. The van der Waals surface area contributed by atoms with Crippen molar-refractivity contribution in [2.24, 2.45) is 5.92 Å². The number of nitrogens with one attached hydrogen (secondary N) is 3.